The van der Waals surface area contributed by atoms with Crippen LogP contribution < -0.4 is 15.8 Å². The first kappa shape index (κ1) is 19.5. The van der Waals surface area contributed by atoms with Crippen LogP contribution in [0, 0.1) is 0 Å². The number of carbonyl (C=O) groups excluding carboxylic acids is 1. The average molecular weight is 329 g/mol. The molecule has 0 aromatic heterocycles. The van der Waals surface area contributed by atoms with E-state index in [1.54, 1.807) is 0 Å². The minimum atomic E-state index is -4.71. The van der Waals surface area contributed by atoms with Gasteiger partial charge < -0.3 is 20.9 Å². The van der Waals surface area contributed by atoms with Crippen molar-refractivity contribution < 1.29 is 27.8 Å². The largest absolute Gasteiger partial charge is 0.573 e. The van der Waals surface area contributed by atoms with Gasteiger partial charge in [0.25, 0.3) is 0 Å². The standard InChI is InChI=1S/C12H15F3N2O3.ClH/c13-12(14,15)20-9-3-1-8(2-4-9)5-6-17-11(19)10(16)7-18;/h1-4,10,18H,5-7,16H2,(H,17,19);1H/t10-;/m1./s1. The van der Waals surface area contributed by atoms with Crippen LogP contribution in [-0.2, 0) is 11.2 Å². The zero-order valence-corrected chi connectivity index (χ0v) is 11.7. The first-order valence-electron chi connectivity index (χ1n) is 5.80. The molecule has 21 heavy (non-hydrogen) atoms. The highest BCUT2D eigenvalue weighted by Gasteiger charge is 2.30. The number of amides is 1. The van der Waals surface area contributed by atoms with Crippen molar-refractivity contribution in [1.82, 2.24) is 5.32 Å². The lowest BCUT2D eigenvalue weighted by molar-refractivity contribution is -0.274. The summed E-state index contributed by atoms with van der Waals surface area (Å²) in [7, 11) is 0. The molecular formula is C12H16ClF3N2O3. The van der Waals surface area contributed by atoms with Crippen molar-refractivity contribution in [2.45, 2.75) is 18.8 Å². The predicted molar refractivity (Wildman–Crippen MR) is 72.1 cm³/mol. The third-order valence-electron chi connectivity index (χ3n) is 2.40. The second-order valence-corrected chi connectivity index (χ2v) is 4.02. The van der Waals surface area contributed by atoms with E-state index in [0.29, 0.717) is 6.42 Å². The number of hydrogen-bond donors (Lipinski definition) is 3. The zero-order chi connectivity index (χ0) is 15.2. The first-order valence-corrected chi connectivity index (χ1v) is 5.80. The number of hydrogen-bond acceptors (Lipinski definition) is 4. The number of nitrogens with two attached hydrogens (primary N) is 1. The highest BCUT2D eigenvalue weighted by Crippen LogP contribution is 2.22. The van der Waals surface area contributed by atoms with Crippen molar-refractivity contribution in [3.8, 4) is 5.75 Å². The van der Waals surface area contributed by atoms with Crippen molar-refractivity contribution in [2.24, 2.45) is 5.73 Å². The van der Waals surface area contributed by atoms with Gasteiger partial charge >= 0.3 is 6.36 Å². The summed E-state index contributed by atoms with van der Waals surface area (Å²) >= 11 is 0. The van der Waals surface area contributed by atoms with E-state index in [9.17, 15) is 18.0 Å². The van der Waals surface area contributed by atoms with Crippen LogP contribution in [0.5, 0.6) is 5.75 Å². The van der Waals surface area contributed by atoms with Crippen LogP contribution in [0.3, 0.4) is 0 Å². The Bertz CT molecular complexity index is 440. The Morgan fingerprint density at radius 3 is 2.38 bits per heavy atom. The molecule has 4 N–H and O–H groups in total. The van der Waals surface area contributed by atoms with Gasteiger partial charge in [-0.2, -0.15) is 0 Å². The summed E-state index contributed by atoms with van der Waals surface area (Å²) in [4.78, 5) is 11.2. The van der Waals surface area contributed by atoms with Crippen LogP contribution in [0.25, 0.3) is 0 Å². The second kappa shape index (κ2) is 8.71. The summed E-state index contributed by atoms with van der Waals surface area (Å²) in [5.74, 6) is -0.780. The number of benzene rings is 1. The molecule has 1 amide bonds. The number of ether oxygens (including phenoxy) is 1. The third-order valence-corrected chi connectivity index (χ3v) is 2.40. The minimum absolute atomic E-state index is 0. The van der Waals surface area contributed by atoms with Gasteiger partial charge in [-0.15, -0.1) is 25.6 Å². The van der Waals surface area contributed by atoms with Crippen LogP contribution in [0.4, 0.5) is 13.2 Å². The van der Waals surface area contributed by atoms with E-state index in [-0.39, 0.29) is 24.7 Å². The van der Waals surface area contributed by atoms with Gasteiger partial charge in [0.2, 0.25) is 5.91 Å². The van der Waals surface area contributed by atoms with E-state index in [2.05, 4.69) is 10.1 Å². The Kier molecular flexibility index (Phi) is 8.08. The molecule has 0 saturated heterocycles. The van der Waals surface area contributed by atoms with Gasteiger partial charge in [-0.25, -0.2) is 0 Å². The van der Waals surface area contributed by atoms with Gasteiger partial charge in [-0.05, 0) is 24.1 Å². The maximum Gasteiger partial charge on any atom is 0.573 e. The molecular weight excluding hydrogens is 313 g/mol. The molecule has 1 atom stereocenters. The summed E-state index contributed by atoms with van der Waals surface area (Å²) in [6.07, 6.45) is -4.29. The summed E-state index contributed by atoms with van der Waals surface area (Å²) in [5, 5.41) is 11.2. The van der Waals surface area contributed by atoms with Gasteiger partial charge in [0.1, 0.15) is 11.8 Å². The maximum absolute atomic E-state index is 11.9. The Balaban J connectivity index is 0.00000400. The predicted octanol–water partition coefficient (Wildman–Crippen LogP) is 0.985. The molecule has 120 valence electrons. The molecule has 9 heteroatoms. The lowest BCUT2D eigenvalue weighted by atomic mass is 10.1. The molecule has 0 aliphatic rings. The Labute approximate surface area is 125 Å². The number of alkyl halides is 3. The molecule has 1 rings (SSSR count). The molecule has 0 saturated carbocycles. The number of aliphatic hydroxyl groups excluding tert-OH is 1. The van der Waals surface area contributed by atoms with E-state index in [1.165, 1.54) is 24.3 Å². The van der Waals surface area contributed by atoms with Crippen LogP contribution in [-0.4, -0.2) is 36.6 Å². The van der Waals surface area contributed by atoms with Crippen molar-refractivity contribution in [3.05, 3.63) is 29.8 Å². The molecule has 1 aromatic carbocycles. The first-order chi connectivity index (χ1) is 9.31. The van der Waals surface area contributed by atoms with E-state index >= 15 is 0 Å². The lowest BCUT2D eigenvalue weighted by Gasteiger charge is -2.10. The maximum atomic E-state index is 11.9. The summed E-state index contributed by atoms with van der Waals surface area (Å²) < 4.78 is 39.6. The molecule has 0 aliphatic heterocycles. The van der Waals surface area contributed by atoms with E-state index in [1.807, 2.05) is 0 Å². The topological polar surface area (TPSA) is 84.6 Å². The van der Waals surface area contributed by atoms with Gasteiger partial charge in [-0.3, -0.25) is 4.79 Å². The Morgan fingerprint density at radius 1 is 1.33 bits per heavy atom. The Morgan fingerprint density at radius 2 is 1.90 bits per heavy atom. The Hall–Kier alpha value is -1.51. The van der Waals surface area contributed by atoms with Gasteiger partial charge in [0.05, 0.1) is 6.61 Å². The second-order valence-electron chi connectivity index (χ2n) is 4.02. The molecule has 0 aliphatic carbocycles. The van der Waals surface area contributed by atoms with E-state index in [4.69, 9.17) is 10.8 Å². The number of rotatable bonds is 6. The van der Waals surface area contributed by atoms with Crippen LogP contribution in [0.15, 0.2) is 24.3 Å². The molecule has 0 heterocycles. The van der Waals surface area contributed by atoms with Crippen molar-refractivity contribution >= 4 is 18.3 Å². The number of aliphatic hydroxyl groups is 1. The number of carbonyl (C=O) groups is 1. The third kappa shape index (κ3) is 7.74. The van der Waals surface area contributed by atoms with Gasteiger partial charge in [0, 0.05) is 6.54 Å². The fraction of sp³-hybridized carbons (Fsp3) is 0.417. The van der Waals surface area contributed by atoms with Crippen LogP contribution in [0.1, 0.15) is 5.56 Å². The molecule has 0 spiro atoms. The molecule has 0 unspecified atom stereocenters. The van der Waals surface area contributed by atoms with Crippen molar-refractivity contribution in [1.29, 1.82) is 0 Å². The molecule has 1 aromatic rings. The summed E-state index contributed by atoms with van der Waals surface area (Å²) in [5.41, 5.74) is 6.02. The lowest BCUT2D eigenvalue weighted by Crippen LogP contribution is -2.43. The summed E-state index contributed by atoms with van der Waals surface area (Å²) in [6, 6.07) is 4.37. The zero-order valence-electron chi connectivity index (χ0n) is 10.9. The van der Waals surface area contributed by atoms with E-state index in [0.717, 1.165) is 5.56 Å². The highest BCUT2D eigenvalue weighted by molar-refractivity contribution is 5.85. The molecule has 0 fully saturated rings. The van der Waals surface area contributed by atoms with Crippen molar-refractivity contribution in [3.63, 3.8) is 0 Å². The molecule has 5 nitrogen and oxygen atoms in total. The smallest absolute Gasteiger partial charge is 0.406 e. The van der Waals surface area contributed by atoms with Crippen molar-refractivity contribution in [2.75, 3.05) is 13.2 Å². The normalized spacial score (nSPS) is 12.2. The average Bonchev–Trinajstić information content (AvgIpc) is 2.38. The van der Waals surface area contributed by atoms with Crippen LogP contribution >= 0.6 is 12.4 Å². The van der Waals surface area contributed by atoms with Crippen LogP contribution in [0.2, 0.25) is 0 Å². The van der Waals surface area contributed by atoms with Gasteiger partial charge in [0.15, 0.2) is 0 Å². The number of nitrogens with one attached hydrogen (secondary N) is 1. The molecule has 0 bridgehead atoms. The quantitative estimate of drug-likeness (QED) is 0.727. The monoisotopic (exact) mass is 328 g/mol. The van der Waals surface area contributed by atoms with Gasteiger partial charge in [-0.1, -0.05) is 12.1 Å². The SMILES string of the molecule is Cl.N[C@H](CO)C(=O)NCCc1ccc(OC(F)(F)F)cc1. The highest BCUT2D eigenvalue weighted by atomic mass is 35.5. The number of halogens is 4. The fourth-order valence-corrected chi connectivity index (χ4v) is 1.40. The fourth-order valence-electron chi connectivity index (χ4n) is 1.40. The minimum Gasteiger partial charge on any atom is -0.406 e. The molecule has 0 radical (unpaired) electrons. The van der Waals surface area contributed by atoms with E-state index < -0.39 is 24.9 Å². The summed E-state index contributed by atoms with van der Waals surface area (Å²) in [6.45, 7) is -0.179.